The van der Waals surface area contributed by atoms with Crippen molar-refractivity contribution >= 4 is 11.4 Å². The number of nitrogen functional groups attached to an aromatic ring is 1. The Morgan fingerprint density at radius 2 is 2.00 bits per heavy atom. The van der Waals surface area contributed by atoms with Gasteiger partial charge in [0, 0.05) is 13.2 Å². The SMILES string of the molecule is CCCC(CCO)CNc1ccc(C(F)(F)F)cc1N. The third-order valence-corrected chi connectivity index (χ3v) is 3.19. The van der Waals surface area contributed by atoms with Crippen molar-refractivity contribution in [2.75, 3.05) is 24.2 Å². The molecule has 0 radical (unpaired) electrons. The second kappa shape index (κ2) is 7.38. The molecule has 0 spiro atoms. The first kappa shape index (κ1) is 16.6. The van der Waals surface area contributed by atoms with Crippen LogP contribution in [0.1, 0.15) is 31.7 Å². The Labute approximate surface area is 117 Å². The molecule has 3 nitrogen and oxygen atoms in total. The van der Waals surface area contributed by atoms with Gasteiger partial charge in [0.15, 0.2) is 0 Å². The van der Waals surface area contributed by atoms with Gasteiger partial charge in [-0.3, -0.25) is 0 Å². The average molecular weight is 290 g/mol. The van der Waals surface area contributed by atoms with Gasteiger partial charge < -0.3 is 16.2 Å². The van der Waals surface area contributed by atoms with Crippen molar-refractivity contribution in [3.63, 3.8) is 0 Å². The van der Waals surface area contributed by atoms with E-state index in [2.05, 4.69) is 12.2 Å². The first-order valence-electron chi connectivity index (χ1n) is 6.70. The van der Waals surface area contributed by atoms with Crippen LogP contribution in [0.3, 0.4) is 0 Å². The minimum absolute atomic E-state index is 0.0825. The number of aliphatic hydroxyl groups excluding tert-OH is 1. The van der Waals surface area contributed by atoms with E-state index in [0.717, 1.165) is 25.0 Å². The lowest BCUT2D eigenvalue weighted by Crippen LogP contribution is -2.16. The minimum Gasteiger partial charge on any atom is -0.397 e. The molecule has 4 N–H and O–H groups in total. The lowest BCUT2D eigenvalue weighted by molar-refractivity contribution is -0.137. The molecule has 6 heteroatoms. The predicted octanol–water partition coefficient (Wildman–Crippen LogP) is 3.50. The summed E-state index contributed by atoms with van der Waals surface area (Å²) in [6.07, 6.45) is -1.77. The van der Waals surface area contributed by atoms with Crippen molar-refractivity contribution in [2.45, 2.75) is 32.4 Å². The number of alkyl halides is 3. The molecular weight excluding hydrogens is 269 g/mol. The molecule has 0 amide bonds. The van der Waals surface area contributed by atoms with Crippen LogP contribution in [-0.2, 0) is 6.18 Å². The summed E-state index contributed by atoms with van der Waals surface area (Å²) in [5.74, 6) is 0.284. The van der Waals surface area contributed by atoms with Crippen molar-refractivity contribution < 1.29 is 18.3 Å². The summed E-state index contributed by atoms with van der Waals surface area (Å²) in [6, 6.07) is 3.29. The molecule has 0 aliphatic carbocycles. The van der Waals surface area contributed by atoms with Crippen LogP contribution in [-0.4, -0.2) is 18.3 Å². The van der Waals surface area contributed by atoms with Gasteiger partial charge in [0.1, 0.15) is 0 Å². The summed E-state index contributed by atoms with van der Waals surface area (Å²) in [6.45, 7) is 2.75. The van der Waals surface area contributed by atoms with Crippen molar-refractivity contribution in [2.24, 2.45) is 5.92 Å². The summed E-state index contributed by atoms with van der Waals surface area (Å²) >= 11 is 0. The molecule has 0 aliphatic rings. The van der Waals surface area contributed by atoms with Crippen LogP contribution in [0.4, 0.5) is 24.5 Å². The van der Waals surface area contributed by atoms with Gasteiger partial charge in [0.25, 0.3) is 0 Å². The highest BCUT2D eigenvalue weighted by molar-refractivity contribution is 5.67. The van der Waals surface area contributed by atoms with Gasteiger partial charge in [-0.05, 0) is 37.0 Å². The number of aliphatic hydroxyl groups is 1. The maximum absolute atomic E-state index is 12.5. The van der Waals surface area contributed by atoms with E-state index in [4.69, 9.17) is 10.8 Å². The first-order valence-corrected chi connectivity index (χ1v) is 6.70. The normalized spacial score (nSPS) is 13.2. The third kappa shape index (κ3) is 4.92. The molecule has 1 rings (SSSR count). The van der Waals surface area contributed by atoms with E-state index in [0.29, 0.717) is 18.7 Å². The minimum atomic E-state index is -4.38. The zero-order chi connectivity index (χ0) is 15.2. The Morgan fingerprint density at radius 3 is 2.50 bits per heavy atom. The zero-order valence-corrected chi connectivity index (χ0v) is 11.5. The van der Waals surface area contributed by atoms with E-state index in [9.17, 15) is 13.2 Å². The number of nitrogens with one attached hydrogen (secondary N) is 1. The molecule has 1 aromatic rings. The van der Waals surface area contributed by atoms with Gasteiger partial charge >= 0.3 is 6.18 Å². The Morgan fingerprint density at radius 1 is 1.30 bits per heavy atom. The summed E-state index contributed by atoms with van der Waals surface area (Å²) < 4.78 is 37.5. The quantitative estimate of drug-likeness (QED) is 0.674. The zero-order valence-electron chi connectivity index (χ0n) is 11.5. The number of halogens is 3. The molecule has 0 aromatic heterocycles. The van der Waals surface area contributed by atoms with Crippen LogP contribution >= 0.6 is 0 Å². The smallest absolute Gasteiger partial charge is 0.397 e. The van der Waals surface area contributed by atoms with Crippen molar-refractivity contribution in [1.29, 1.82) is 0 Å². The molecule has 0 heterocycles. The van der Waals surface area contributed by atoms with Crippen molar-refractivity contribution in [3.8, 4) is 0 Å². The van der Waals surface area contributed by atoms with Crippen LogP contribution in [0.15, 0.2) is 18.2 Å². The molecule has 1 aromatic carbocycles. The molecule has 1 unspecified atom stereocenters. The Balaban J connectivity index is 2.68. The van der Waals surface area contributed by atoms with E-state index in [-0.39, 0.29) is 18.2 Å². The summed E-state index contributed by atoms with van der Waals surface area (Å²) in [4.78, 5) is 0. The number of benzene rings is 1. The van der Waals surface area contributed by atoms with Gasteiger partial charge in [-0.15, -0.1) is 0 Å². The van der Waals surface area contributed by atoms with E-state index in [1.165, 1.54) is 6.07 Å². The second-order valence-electron chi connectivity index (χ2n) is 4.85. The molecular formula is C14H21F3N2O. The Bertz CT molecular complexity index is 415. The highest BCUT2D eigenvalue weighted by Crippen LogP contribution is 2.32. The number of hydrogen-bond acceptors (Lipinski definition) is 3. The maximum Gasteiger partial charge on any atom is 0.416 e. The van der Waals surface area contributed by atoms with E-state index >= 15 is 0 Å². The number of anilines is 2. The molecule has 20 heavy (non-hydrogen) atoms. The molecule has 1 atom stereocenters. The van der Waals surface area contributed by atoms with E-state index in [1.807, 2.05) is 0 Å². The average Bonchev–Trinajstić information content (AvgIpc) is 2.36. The predicted molar refractivity (Wildman–Crippen MR) is 74.4 cm³/mol. The van der Waals surface area contributed by atoms with Crippen LogP contribution in [0.5, 0.6) is 0 Å². The molecule has 0 saturated carbocycles. The first-order chi connectivity index (χ1) is 9.38. The molecule has 0 aliphatic heterocycles. The van der Waals surface area contributed by atoms with E-state index in [1.54, 1.807) is 0 Å². The van der Waals surface area contributed by atoms with E-state index < -0.39 is 11.7 Å². The summed E-state index contributed by atoms with van der Waals surface area (Å²) in [5.41, 5.74) is 5.47. The van der Waals surface area contributed by atoms with Gasteiger partial charge in [-0.25, -0.2) is 0 Å². The fraction of sp³-hybridized carbons (Fsp3) is 0.571. The van der Waals surface area contributed by atoms with Crippen molar-refractivity contribution in [1.82, 2.24) is 0 Å². The fourth-order valence-corrected chi connectivity index (χ4v) is 2.09. The van der Waals surface area contributed by atoms with Gasteiger partial charge in [0.2, 0.25) is 0 Å². The van der Waals surface area contributed by atoms with Gasteiger partial charge in [-0.2, -0.15) is 13.2 Å². The number of rotatable bonds is 7. The largest absolute Gasteiger partial charge is 0.416 e. The maximum atomic E-state index is 12.5. The van der Waals surface area contributed by atoms with Crippen LogP contribution in [0.2, 0.25) is 0 Å². The molecule has 0 bridgehead atoms. The molecule has 114 valence electrons. The van der Waals surface area contributed by atoms with Crippen molar-refractivity contribution in [3.05, 3.63) is 23.8 Å². The van der Waals surface area contributed by atoms with Crippen LogP contribution in [0, 0.1) is 5.92 Å². The summed E-state index contributed by atoms with van der Waals surface area (Å²) in [5, 5.41) is 12.0. The topological polar surface area (TPSA) is 58.3 Å². The lowest BCUT2D eigenvalue weighted by atomic mass is 10.00. The molecule has 0 saturated heterocycles. The standard InChI is InChI=1S/C14H21F3N2O/c1-2-3-10(6-7-20)9-19-13-5-4-11(8-12(13)18)14(15,16)17/h4-5,8,10,19-20H,2-3,6-7,9,18H2,1H3. The number of nitrogens with two attached hydrogens (primary N) is 1. The monoisotopic (exact) mass is 290 g/mol. The molecule has 0 fully saturated rings. The van der Waals surface area contributed by atoms with Gasteiger partial charge in [0.05, 0.1) is 16.9 Å². The lowest BCUT2D eigenvalue weighted by Gasteiger charge is -2.18. The Kier molecular flexibility index (Phi) is 6.13. The third-order valence-electron chi connectivity index (χ3n) is 3.19. The van der Waals surface area contributed by atoms with Gasteiger partial charge in [-0.1, -0.05) is 13.3 Å². The Hall–Kier alpha value is -1.43. The fourth-order valence-electron chi connectivity index (χ4n) is 2.09. The highest BCUT2D eigenvalue weighted by atomic mass is 19.4. The van der Waals surface area contributed by atoms with Crippen LogP contribution in [0.25, 0.3) is 0 Å². The second-order valence-corrected chi connectivity index (χ2v) is 4.85. The number of hydrogen-bond donors (Lipinski definition) is 3. The van der Waals surface area contributed by atoms with Crippen LogP contribution < -0.4 is 11.1 Å². The summed E-state index contributed by atoms with van der Waals surface area (Å²) in [7, 11) is 0. The highest BCUT2D eigenvalue weighted by Gasteiger charge is 2.30.